The van der Waals surface area contributed by atoms with Crippen LogP contribution in [-0.2, 0) is 0 Å². The highest BCUT2D eigenvalue weighted by Gasteiger charge is 2.07. The average Bonchev–Trinajstić information content (AvgIpc) is 2.90. The SMILES string of the molecule is Oc1ccc(Br)cc1/C=N\n1c(-c2ccncc2)n[nH]c1=S. The summed E-state index contributed by atoms with van der Waals surface area (Å²) in [4.78, 5) is 3.97. The molecule has 22 heavy (non-hydrogen) atoms. The van der Waals surface area contributed by atoms with E-state index in [1.165, 1.54) is 10.9 Å². The number of rotatable bonds is 3. The van der Waals surface area contributed by atoms with Crippen molar-refractivity contribution in [3.8, 4) is 17.1 Å². The lowest BCUT2D eigenvalue weighted by Gasteiger charge is -2.02. The Labute approximate surface area is 139 Å². The van der Waals surface area contributed by atoms with Crippen molar-refractivity contribution < 1.29 is 5.11 Å². The van der Waals surface area contributed by atoms with Crippen LogP contribution in [-0.4, -0.2) is 31.2 Å². The number of hydrogen-bond donors (Lipinski definition) is 2. The van der Waals surface area contributed by atoms with Crippen molar-refractivity contribution in [2.75, 3.05) is 0 Å². The summed E-state index contributed by atoms with van der Waals surface area (Å²) in [5, 5.41) is 21.0. The summed E-state index contributed by atoms with van der Waals surface area (Å²) in [7, 11) is 0. The number of benzene rings is 1. The third-order valence-electron chi connectivity index (χ3n) is 2.89. The van der Waals surface area contributed by atoms with Crippen molar-refractivity contribution in [3.05, 3.63) is 57.5 Å². The van der Waals surface area contributed by atoms with Crippen LogP contribution >= 0.6 is 28.1 Å². The van der Waals surface area contributed by atoms with E-state index >= 15 is 0 Å². The van der Waals surface area contributed by atoms with E-state index in [1.54, 1.807) is 30.6 Å². The molecule has 0 aliphatic carbocycles. The number of phenols is 1. The minimum atomic E-state index is 0.132. The Bertz CT molecular complexity index is 888. The zero-order valence-electron chi connectivity index (χ0n) is 11.1. The van der Waals surface area contributed by atoms with Crippen LogP contribution in [0.4, 0.5) is 0 Å². The van der Waals surface area contributed by atoms with E-state index in [2.05, 4.69) is 36.2 Å². The number of aromatic hydroxyl groups is 1. The standard InChI is InChI=1S/C14H10BrN5OS/c15-11-1-2-12(21)10(7-11)8-17-20-13(18-19-14(20)22)9-3-5-16-6-4-9/h1-8,21H,(H,19,22)/b17-8-. The fraction of sp³-hybridized carbons (Fsp3) is 0. The van der Waals surface area contributed by atoms with Crippen molar-refractivity contribution in [2.24, 2.45) is 5.10 Å². The number of nitrogens with one attached hydrogen (secondary N) is 1. The highest BCUT2D eigenvalue weighted by Crippen LogP contribution is 2.21. The van der Waals surface area contributed by atoms with Gasteiger partial charge in [-0.1, -0.05) is 15.9 Å². The smallest absolute Gasteiger partial charge is 0.216 e. The highest BCUT2D eigenvalue weighted by atomic mass is 79.9. The Morgan fingerprint density at radius 2 is 2.05 bits per heavy atom. The molecule has 8 heteroatoms. The summed E-state index contributed by atoms with van der Waals surface area (Å²) in [6, 6.07) is 8.72. The zero-order chi connectivity index (χ0) is 15.5. The minimum absolute atomic E-state index is 0.132. The fourth-order valence-corrected chi connectivity index (χ4v) is 2.39. The predicted molar refractivity (Wildman–Crippen MR) is 89.4 cm³/mol. The largest absolute Gasteiger partial charge is 0.507 e. The van der Waals surface area contributed by atoms with E-state index in [0.29, 0.717) is 16.2 Å². The molecule has 0 unspecified atom stereocenters. The van der Waals surface area contributed by atoms with E-state index in [4.69, 9.17) is 12.2 Å². The quantitative estimate of drug-likeness (QED) is 0.543. The fourth-order valence-electron chi connectivity index (χ4n) is 1.84. The van der Waals surface area contributed by atoms with Gasteiger partial charge in [-0.3, -0.25) is 4.98 Å². The Morgan fingerprint density at radius 1 is 1.27 bits per heavy atom. The molecule has 0 amide bonds. The molecule has 3 aromatic rings. The monoisotopic (exact) mass is 375 g/mol. The van der Waals surface area contributed by atoms with Crippen LogP contribution in [0.15, 0.2) is 52.3 Å². The molecule has 0 aliphatic rings. The Hall–Kier alpha value is -2.32. The van der Waals surface area contributed by atoms with Crippen molar-refractivity contribution in [3.63, 3.8) is 0 Å². The maximum atomic E-state index is 9.84. The lowest BCUT2D eigenvalue weighted by atomic mass is 10.2. The molecule has 0 saturated heterocycles. The normalized spacial score (nSPS) is 11.1. The second-order valence-corrected chi connectivity index (χ2v) is 5.65. The molecule has 0 fully saturated rings. The van der Waals surface area contributed by atoms with Crippen molar-refractivity contribution in [1.29, 1.82) is 0 Å². The number of hydrogen-bond acceptors (Lipinski definition) is 5. The Balaban J connectivity index is 2.03. The van der Waals surface area contributed by atoms with Crippen LogP contribution in [0.1, 0.15) is 5.56 Å². The van der Waals surface area contributed by atoms with Crippen LogP contribution < -0.4 is 0 Å². The maximum Gasteiger partial charge on any atom is 0.216 e. The third-order valence-corrected chi connectivity index (χ3v) is 3.65. The van der Waals surface area contributed by atoms with E-state index < -0.39 is 0 Å². The van der Waals surface area contributed by atoms with E-state index in [1.807, 2.05) is 12.1 Å². The highest BCUT2D eigenvalue weighted by molar-refractivity contribution is 9.10. The number of H-pyrrole nitrogens is 1. The first kappa shape index (κ1) is 14.6. The molecular formula is C14H10BrN5OS. The van der Waals surface area contributed by atoms with E-state index in [9.17, 15) is 5.11 Å². The number of halogens is 1. The molecule has 0 radical (unpaired) electrons. The summed E-state index contributed by atoms with van der Waals surface area (Å²) in [5.41, 5.74) is 1.40. The summed E-state index contributed by atoms with van der Waals surface area (Å²) in [6.45, 7) is 0. The summed E-state index contributed by atoms with van der Waals surface area (Å²) in [5.74, 6) is 0.700. The van der Waals surface area contributed by atoms with Crippen LogP contribution in [0, 0.1) is 4.77 Å². The molecule has 2 N–H and O–H groups in total. The molecule has 0 aliphatic heterocycles. The molecule has 0 atom stereocenters. The molecule has 0 bridgehead atoms. The second kappa shape index (κ2) is 6.20. The number of phenolic OH excluding ortho intramolecular Hbond substituents is 1. The van der Waals surface area contributed by atoms with Gasteiger partial charge in [0.2, 0.25) is 4.77 Å². The lowest BCUT2D eigenvalue weighted by molar-refractivity contribution is 0.474. The van der Waals surface area contributed by atoms with Gasteiger partial charge in [-0.05, 0) is 42.5 Å². The minimum Gasteiger partial charge on any atom is -0.507 e. The van der Waals surface area contributed by atoms with Gasteiger partial charge in [0.15, 0.2) is 5.82 Å². The number of nitrogens with zero attached hydrogens (tertiary/aromatic N) is 4. The molecule has 6 nitrogen and oxygen atoms in total. The third kappa shape index (κ3) is 2.97. The first-order valence-corrected chi connectivity index (χ1v) is 7.46. The van der Waals surface area contributed by atoms with Gasteiger partial charge >= 0.3 is 0 Å². The molecule has 110 valence electrons. The maximum absolute atomic E-state index is 9.84. The molecule has 0 spiro atoms. The topological polar surface area (TPSA) is 79.1 Å². The van der Waals surface area contributed by atoms with E-state index in [-0.39, 0.29) is 5.75 Å². The molecule has 1 aromatic carbocycles. The van der Waals surface area contributed by atoms with Crippen LogP contribution in [0.25, 0.3) is 11.4 Å². The molecule has 2 aromatic heterocycles. The summed E-state index contributed by atoms with van der Waals surface area (Å²) in [6.07, 6.45) is 4.86. The van der Waals surface area contributed by atoms with Gasteiger partial charge in [-0.15, -0.1) is 0 Å². The number of aromatic amines is 1. The summed E-state index contributed by atoms with van der Waals surface area (Å²) < 4.78 is 2.69. The van der Waals surface area contributed by atoms with Gasteiger partial charge in [0.25, 0.3) is 0 Å². The Morgan fingerprint density at radius 3 is 2.82 bits per heavy atom. The Kier molecular flexibility index (Phi) is 4.12. The van der Waals surface area contributed by atoms with Gasteiger partial charge in [0, 0.05) is 28.0 Å². The first-order chi connectivity index (χ1) is 10.6. The molecular weight excluding hydrogens is 366 g/mol. The van der Waals surface area contributed by atoms with Crippen LogP contribution in [0.3, 0.4) is 0 Å². The van der Waals surface area contributed by atoms with Gasteiger partial charge in [-0.2, -0.15) is 14.9 Å². The van der Waals surface area contributed by atoms with Crippen molar-refractivity contribution in [2.45, 2.75) is 0 Å². The number of pyridine rings is 1. The lowest BCUT2D eigenvalue weighted by Crippen LogP contribution is -1.95. The van der Waals surface area contributed by atoms with E-state index in [0.717, 1.165) is 10.0 Å². The van der Waals surface area contributed by atoms with Crippen LogP contribution in [0.2, 0.25) is 0 Å². The first-order valence-electron chi connectivity index (χ1n) is 6.26. The number of aromatic nitrogens is 4. The van der Waals surface area contributed by atoms with Gasteiger partial charge < -0.3 is 5.11 Å². The van der Waals surface area contributed by atoms with Gasteiger partial charge in [-0.25, -0.2) is 5.10 Å². The van der Waals surface area contributed by atoms with Crippen molar-refractivity contribution >= 4 is 34.4 Å². The van der Waals surface area contributed by atoms with Crippen LogP contribution in [0.5, 0.6) is 5.75 Å². The molecule has 3 rings (SSSR count). The van der Waals surface area contributed by atoms with Gasteiger partial charge in [0.05, 0.1) is 6.21 Å². The van der Waals surface area contributed by atoms with Gasteiger partial charge in [0.1, 0.15) is 5.75 Å². The predicted octanol–water partition coefficient (Wildman–Crippen LogP) is 3.35. The second-order valence-electron chi connectivity index (χ2n) is 4.35. The summed E-state index contributed by atoms with van der Waals surface area (Å²) >= 11 is 8.55. The molecule has 2 heterocycles. The zero-order valence-corrected chi connectivity index (χ0v) is 13.5. The average molecular weight is 376 g/mol. The molecule has 0 saturated carbocycles. The van der Waals surface area contributed by atoms with Crippen molar-refractivity contribution in [1.82, 2.24) is 19.9 Å².